The number of carbonyl (C=O) groups is 1. The van der Waals surface area contributed by atoms with Crippen LogP contribution in [0.5, 0.6) is 0 Å². The van der Waals surface area contributed by atoms with Gasteiger partial charge in [0, 0.05) is 31.7 Å². The van der Waals surface area contributed by atoms with Gasteiger partial charge in [-0.25, -0.2) is 0 Å². The fourth-order valence-corrected chi connectivity index (χ4v) is 2.13. The molecule has 18 heavy (non-hydrogen) atoms. The summed E-state index contributed by atoms with van der Waals surface area (Å²) in [6.07, 6.45) is 4.36. The molecule has 1 aromatic carbocycles. The first-order valence-electron chi connectivity index (χ1n) is 6.33. The summed E-state index contributed by atoms with van der Waals surface area (Å²) in [5.41, 5.74) is 2.25. The van der Waals surface area contributed by atoms with Crippen molar-refractivity contribution < 1.29 is 9.90 Å². The van der Waals surface area contributed by atoms with Gasteiger partial charge in [0.15, 0.2) is 0 Å². The number of hydrogen-bond acceptors (Lipinski definition) is 2. The second kappa shape index (κ2) is 5.83. The fourth-order valence-electron chi connectivity index (χ4n) is 2.13. The quantitative estimate of drug-likeness (QED) is 0.826. The van der Waals surface area contributed by atoms with E-state index in [1.165, 1.54) is 5.56 Å². The van der Waals surface area contributed by atoms with E-state index in [9.17, 15) is 4.79 Å². The molecule has 0 radical (unpaired) electrons. The third kappa shape index (κ3) is 3.20. The van der Waals surface area contributed by atoms with Gasteiger partial charge in [-0.2, -0.15) is 0 Å². The number of benzene rings is 1. The van der Waals surface area contributed by atoms with Crippen LogP contribution in [0.2, 0.25) is 0 Å². The van der Waals surface area contributed by atoms with Gasteiger partial charge in [-0.3, -0.25) is 4.79 Å². The first kappa shape index (κ1) is 12.8. The van der Waals surface area contributed by atoms with Crippen molar-refractivity contribution in [1.29, 1.82) is 0 Å². The van der Waals surface area contributed by atoms with Crippen molar-refractivity contribution in [2.45, 2.75) is 13.3 Å². The van der Waals surface area contributed by atoms with Crippen LogP contribution in [0.3, 0.4) is 0 Å². The molecule has 3 nitrogen and oxygen atoms in total. The molecule has 1 amide bonds. The number of amides is 1. The Hall–Kier alpha value is -1.61. The molecule has 96 valence electrons. The third-order valence-corrected chi connectivity index (χ3v) is 3.35. The van der Waals surface area contributed by atoms with Crippen molar-refractivity contribution in [2.75, 3.05) is 19.7 Å². The summed E-state index contributed by atoms with van der Waals surface area (Å²) in [6, 6.07) is 8.06. The summed E-state index contributed by atoms with van der Waals surface area (Å²) in [6.45, 7) is 3.64. The number of rotatable bonds is 3. The average molecular weight is 245 g/mol. The zero-order valence-corrected chi connectivity index (χ0v) is 10.7. The molecule has 1 aliphatic heterocycles. The van der Waals surface area contributed by atoms with Crippen molar-refractivity contribution in [3.8, 4) is 0 Å². The molecule has 0 bridgehead atoms. The predicted molar refractivity (Wildman–Crippen MR) is 72.0 cm³/mol. The van der Waals surface area contributed by atoms with Gasteiger partial charge in [0.05, 0.1) is 0 Å². The number of carbonyl (C=O) groups excluding carboxylic acids is 1. The van der Waals surface area contributed by atoms with Gasteiger partial charge >= 0.3 is 0 Å². The van der Waals surface area contributed by atoms with E-state index in [2.05, 4.69) is 0 Å². The molecule has 1 aromatic rings. The van der Waals surface area contributed by atoms with Crippen molar-refractivity contribution in [3.05, 3.63) is 41.5 Å². The lowest BCUT2D eigenvalue weighted by Gasteiger charge is -2.13. The topological polar surface area (TPSA) is 40.5 Å². The van der Waals surface area contributed by atoms with Crippen molar-refractivity contribution in [3.63, 3.8) is 0 Å². The maximum atomic E-state index is 11.9. The van der Waals surface area contributed by atoms with E-state index in [-0.39, 0.29) is 18.4 Å². The molecule has 1 atom stereocenters. The Morgan fingerprint density at radius 1 is 1.44 bits per heavy atom. The average Bonchev–Trinajstić information content (AvgIpc) is 2.86. The highest BCUT2D eigenvalue weighted by molar-refractivity contribution is 5.91. The maximum Gasteiger partial charge on any atom is 0.246 e. The van der Waals surface area contributed by atoms with Gasteiger partial charge < -0.3 is 10.0 Å². The van der Waals surface area contributed by atoms with Gasteiger partial charge in [-0.1, -0.05) is 29.8 Å². The largest absolute Gasteiger partial charge is 0.396 e. The Morgan fingerprint density at radius 3 is 2.78 bits per heavy atom. The van der Waals surface area contributed by atoms with Crippen molar-refractivity contribution in [2.24, 2.45) is 5.92 Å². The highest BCUT2D eigenvalue weighted by Crippen LogP contribution is 2.16. The van der Waals surface area contributed by atoms with Gasteiger partial charge in [0.1, 0.15) is 0 Å². The Bertz CT molecular complexity index is 436. The predicted octanol–water partition coefficient (Wildman–Crippen LogP) is 1.85. The van der Waals surface area contributed by atoms with Gasteiger partial charge in [-0.15, -0.1) is 0 Å². The molecular formula is C15H19NO2. The van der Waals surface area contributed by atoms with Gasteiger partial charge in [-0.05, 0) is 25.0 Å². The molecule has 0 spiro atoms. The number of aryl methyl sites for hydroxylation is 1. The molecule has 3 heteroatoms. The van der Waals surface area contributed by atoms with Crippen LogP contribution < -0.4 is 0 Å². The Kier molecular flexibility index (Phi) is 4.15. The summed E-state index contributed by atoms with van der Waals surface area (Å²) in [7, 11) is 0. The smallest absolute Gasteiger partial charge is 0.246 e. The number of nitrogens with zero attached hydrogens (tertiary/aromatic N) is 1. The van der Waals surface area contributed by atoms with Crippen LogP contribution >= 0.6 is 0 Å². The zero-order chi connectivity index (χ0) is 13.0. The van der Waals surface area contributed by atoms with Crippen LogP contribution in [0, 0.1) is 12.8 Å². The molecule has 1 saturated heterocycles. The number of hydrogen-bond donors (Lipinski definition) is 1. The summed E-state index contributed by atoms with van der Waals surface area (Å²) in [5.74, 6) is 0.285. The Morgan fingerprint density at radius 2 is 2.17 bits per heavy atom. The molecule has 1 N–H and O–H groups in total. The van der Waals surface area contributed by atoms with Crippen LogP contribution in [-0.4, -0.2) is 35.6 Å². The van der Waals surface area contributed by atoms with Crippen molar-refractivity contribution in [1.82, 2.24) is 4.90 Å². The lowest BCUT2D eigenvalue weighted by atomic mass is 10.1. The summed E-state index contributed by atoms with van der Waals surface area (Å²) in [4.78, 5) is 13.7. The van der Waals surface area contributed by atoms with Gasteiger partial charge in [0.25, 0.3) is 0 Å². The third-order valence-electron chi connectivity index (χ3n) is 3.35. The molecule has 1 aliphatic rings. The first-order chi connectivity index (χ1) is 8.69. The number of aliphatic hydroxyl groups is 1. The normalized spacial score (nSPS) is 19.7. The molecule has 1 heterocycles. The van der Waals surface area contributed by atoms with E-state index >= 15 is 0 Å². The fraction of sp³-hybridized carbons (Fsp3) is 0.400. The second-order valence-electron chi connectivity index (χ2n) is 4.87. The zero-order valence-electron chi connectivity index (χ0n) is 10.7. The standard InChI is InChI=1S/C15H19NO2/c1-12-2-4-13(5-3-12)6-7-15(18)16-9-8-14(10-16)11-17/h2-7,14,17H,8-11H2,1H3. The minimum Gasteiger partial charge on any atom is -0.396 e. The number of likely N-dealkylation sites (tertiary alicyclic amines) is 1. The SMILES string of the molecule is Cc1ccc(C=CC(=O)N2CCC(CO)C2)cc1. The lowest BCUT2D eigenvalue weighted by Crippen LogP contribution is -2.27. The molecule has 0 saturated carbocycles. The summed E-state index contributed by atoms with van der Waals surface area (Å²) in [5, 5.41) is 9.04. The van der Waals surface area contributed by atoms with Crippen LogP contribution in [-0.2, 0) is 4.79 Å². The van der Waals surface area contributed by atoms with E-state index < -0.39 is 0 Å². The molecule has 0 aliphatic carbocycles. The maximum absolute atomic E-state index is 11.9. The molecule has 0 aromatic heterocycles. The first-order valence-corrected chi connectivity index (χ1v) is 6.33. The summed E-state index contributed by atoms with van der Waals surface area (Å²) >= 11 is 0. The molecule has 2 rings (SSSR count). The number of aliphatic hydroxyl groups excluding tert-OH is 1. The Balaban J connectivity index is 1.93. The van der Waals surface area contributed by atoms with E-state index in [0.717, 1.165) is 18.5 Å². The second-order valence-corrected chi connectivity index (χ2v) is 4.87. The molecular weight excluding hydrogens is 226 g/mol. The monoisotopic (exact) mass is 245 g/mol. The van der Waals surface area contributed by atoms with E-state index in [1.807, 2.05) is 37.3 Å². The minimum atomic E-state index is 0.0338. The lowest BCUT2D eigenvalue weighted by molar-refractivity contribution is -0.125. The minimum absolute atomic E-state index is 0.0338. The van der Waals surface area contributed by atoms with E-state index in [0.29, 0.717) is 6.54 Å². The Labute approximate surface area is 108 Å². The molecule has 1 fully saturated rings. The van der Waals surface area contributed by atoms with Gasteiger partial charge in [0.2, 0.25) is 5.91 Å². The summed E-state index contributed by atoms with van der Waals surface area (Å²) < 4.78 is 0. The van der Waals surface area contributed by atoms with Crippen LogP contribution in [0.15, 0.2) is 30.3 Å². The van der Waals surface area contributed by atoms with Crippen LogP contribution in [0.25, 0.3) is 6.08 Å². The van der Waals surface area contributed by atoms with Crippen LogP contribution in [0.4, 0.5) is 0 Å². The highest BCUT2D eigenvalue weighted by atomic mass is 16.3. The van der Waals surface area contributed by atoms with Crippen LogP contribution in [0.1, 0.15) is 17.5 Å². The van der Waals surface area contributed by atoms with Crippen molar-refractivity contribution >= 4 is 12.0 Å². The van der Waals surface area contributed by atoms with E-state index in [1.54, 1.807) is 11.0 Å². The van der Waals surface area contributed by atoms with E-state index in [4.69, 9.17) is 5.11 Å². The molecule has 1 unspecified atom stereocenters. The highest BCUT2D eigenvalue weighted by Gasteiger charge is 2.23.